The van der Waals surface area contributed by atoms with Crippen molar-refractivity contribution in [2.45, 2.75) is 24.9 Å². The molecule has 2 atom stereocenters. The van der Waals surface area contributed by atoms with Gasteiger partial charge in [-0.25, -0.2) is 0 Å². The normalized spacial score (nSPS) is 12.9. The standard InChI is InChI=1S/C24H23Cl3N2O/c1-28-24(30)23(17-5-3-2-4-6-17)29-22(20-13-12-19(26)15-21(20)27)14-9-16-7-10-18(25)11-8-16/h2-8,10-13,15,22-23,29H,9,14H2,1H3,(H,28,30)/t22-,23-/m0/s1. The second kappa shape index (κ2) is 10.8. The topological polar surface area (TPSA) is 41.1 Å². The zero-order valence-corrected chi connectivity index (χ0v) is 18.8. The lowest BCUT2D eigenvalue weighted by Crippen LogP contribution is -2.38. The Bertz CT molecular complexity index is 978. The number of likely N-dealkylation sites (N-methyl/N-ethyl adjacent to an activating group) is 1. The molecule has 0 unspecified atom stereocenters. The van der Waals surface area contributed by atoms with E-state index in [2.05, 4.69) is 10.6 Å². The molecule has 0 radical (unpaired) electrons. The first-order valence-electron chi connectivity index (χ1n) is 9.70. The van der Waals surface area contributed by atoms with Gasteiger partial charge in [-0.1, -0.05) is 83.3 Å². The van der Waals surface area contributed by atoms with Crippen LogP contribution in [0.3, 0.4) is 0 Å². The minimum Gasteiger partial charge on any atom is -0.358 e. The summed E-state index contributed by atoms with van der Waals surface area (Å²) in [5, 5.41) is 8.12. The summed E-state index contributed by atoms with van der Waals surface area (Å²) in [5.74, 6) is -0.109. The predicted molar refractivity (Wildman–Crippen MR) is 125 cm³/mol. The Kier molecular flexibility index (Phi) is 8.17. The molecule has 3 nitrogen and oxygen atoms in total. The summed E-state index contributed by atoms with van der Waals surface area (Å²) in [6.45, 7) is 0. The molecule has 6 heteroatoms. The maximum Gasteiger partial charge on any atom is 0.241 e. The van der Waals surface area contributed by atoms with Crippen molar-refractivity contribution in [3.63, 3.8) is 0 Å². The molecule has 3 aromatic rings. The third-order valence-corrected chi connectivity index (χ3v) is 5.80. The zero-order chi connectivity index (χ0) is 21.5. The number of hydrogen-bond acceptors (Lipinski definition) is 2. The van der Waals surface area contributed by atoms with E-state index in [-0.39, 0.29) is 11.9 Å². The molecule has 0 saturated heterocycles. The number of hydrogen-bond donors (Lipinski definition) is 2. The van der Waals surface area contributed by atoms with Crippen molar-refractivity contribution in [1.82, 2.24) is 10.6 Å². The first-order chi connectivity index (χ1) is 14.5. The second-order valence-electron chi connectivity index (χ2n) is 7.01. The summed E-state index contributed by atoms with van der Waals surface area (Å²) in [6, 6.07) is 22.2. The van der Waals surface area contributed by atoms with Gasteiger partial charge in [0.25, 0.3) is 0 Å². The number of carbonyl (C=O) groups is 1. The van der Waals surface area contributed by atoms with E-state index in [1.54, 1.807) is 13.1 Å². The first-order valence-corrected chi connectivity index (χ1v) is 10.8. The van der Waals surface area contributed by atoms with Gasteiger partial charge in [0.2, 0.25) is 5.91 Å². The largest absolute Gasteiger partial charge is 0.358 e. The highest BCUT2D eigenvalue weighted by molar-refractivity contribution is 6.35. The van der Waals surface area contributed by atoms with Gasteiger partial charge in [-0.3, -0.25) is 10.1 Å². The van der Waals surface area contributed by atoms with Crippen molar-refractivity contribution in [3.8, 4) is 0 Å². The van der Waals surface area contributed by atoms with Crippen LogP contribution in [0.5, 0.6) is 0 Å². The highest BCUT2D eigenvalue weighted by atomic mass is 35.5. The molecule has 0 aliphatic rings. The van der Waals surface area contributed by atoms with Crippen molar-refractivity contribution in [3.05, 3.63) is 105 Å². The van der Waals surface area contributed by atoms with Crippen LogP contribution in [0.2, 0.25) is 15.1 Å². The van der Waals surface area contributed by atoms with Crippen LogP contribution in [0.15, 0.2) is 72.8 Å². The van der Waals surface area contributed by atoms with Gasteiger partial charge < -0.3 is 5.32 Å². The molecule has 0 aliphatic heterocycles. The number of nitrogens with one attached hydrogen (secondary N) is 2. The molecule has 30 heavy (non-hydrogen) atoms. The summed E-state index contributed by atoms with van der Waals surface area (Å²) in [7, 11) is 1.64. The van der Waals surface area contributed by atoms with Crippen LogP contribution in [0, 0.1) is 0 Å². The van der Waals surface area contributed by atoms with E-state index in [1.807, 2.05) is 66.7 Å². The monoisotopic (exact) mass is 460 g/mol. The average Bonchev–Trinajstić information content (AvgIpc) is 2.76. The minimum atomic E-state index is -0.516. The Balaban J connectivity index is 1.90. The maximum atomic E-state index is 12.7. The predicted octanol–water partition coefficient (Wildman–Crippen LogP) is 6.40. The van der Waals surface area contributed by atoms with E-state index in [1.165, 1.54) is 0 Å². The molecule has 0 saturated carbocycles. The lowest BCUT2D eigenvalue weighted by atomic mass is 9.96. The van der Waals surface area contributed by atoms with E-state index in [4.69, 9.17) is 34.8 Å². The van der Waals surface area contributed by atoms with Gasteiger partial charge in [-0.15, -0.1) is 0 Å². The number of benzene rings is 3. The lowest BCUT2D eigenvalue weighted by molar-refractivity contribution is -0.123. The fourth-order valence-corrected chi connectivity index (χ4v) is 4.06. The van der Waals surface area contributed by atoms with Gasteiger partial charge in [0.05, 0.1) is 0 Å². The molecule has 0 aromatic heterocycles. The van der Waals surface area contributed by atoms with Crippen molar-refractivity contribution in [2.75, 3.05) is 7.05 Å². The summed E-state index contributed by atoms with van der Waals surface area (Å²) >= 11 is 18.6. The van der Waals surface area contributed by atoms with E-state index < -0.39 is 6.04 Å². The average molecular weight is 462 g/mol. The summed E-state index contributed by atoms with van der Waals surface area (Å²) in [5.41, 5.74) is 2.95. The van der Waals surface area contributed by atoms with E-state index in [0.717, 1.165) is 29.5 Å². The minimum absolute atomic E-state index is 0.109. The molecule has 3 aromatic carbocycles. The van der Waals surface area contributed by atoms with E-state index in [9.17, 15) is 4.79 Å². The Morgan fingerprint density at radius 3 is 2.20 bits per heavy atom. The van der Waals surface area contributed by atoms with E-state index >= 15 is 0 Å². The van der Waals surface area contributed by atoms with Gasteiger partial charge >= 0.3 is 0 Å². The van der Waals surface area contributed by atoms with Crippen LogP contribution in [0.25, 0.3) is 0 Å². The Hall–Kier alpha value is -2.04. The van der Waals surface area contributed by atoms with Gasteiger partial charge in [0, 0.05) is 28.2 Å². The highest BCUT2D eigenvalue weighted by Crippen LogP contribution is 2.31. The summed E-state index contributed by atoms with van der Waals surface area (Å²) in [4.78, 5) is 12.7. The number of carbonyl (C=O) groups excluding carboxylic acids is 1. The fourth-order valence-electron chi connectivity index (χ4n) is 3.39. The SMILES string of the molecule is CNC(=O)[C@@H](N[C@@H](CCc1ccc(Cl)cc1)c1ccc(Cl)cc1Cl)c1ccccc1. The first kappa shape index (κ1) is 22.6. The number of aryl methyl sites for hydroxylation is 1. The summed E-state index contributed by atoms with van der Waals surface area (Å²) in [6.07, 6.45) is 1.53. The van der Waals surface area contributed by atoms with Crippen LogP contribution in [0.4, 0.5) is 0 Å². The third-order valence-electron chi connectivity index (χ3n) is 4.98. The van der Waals surface area contributed by atoms with Gasteiger partial charge in [0.15, 0.2) is 0 Å². The van der Waals surface area contributed by atoms with Crippen LogP contribution in [-0.4, -0.2) is 13.0 Å². The number of amides is 1. The van der Waals surface area contributed by atoms with Crippen molar-refractivity contribution >= 4 is 40.7 Å². The molecular weight excluding hydrogens is 439 g/mol. The molecule has 3 rings (SSSR count). The van der Waals surface area contributed by atoms with Gasteiger partial charge in [-0.2, -0.15) is 0 Å². The molecule has 0 spiro atoms. The van der Waals surface area contributed by atoms with Crippen molar-refractivity contribution < 1.29 is 4.79 Å². The fraction of sp³-hybridized carbons (Fsp3) is 0.208. The molecule has 0 fully saturated rings. The number of rotatable bonds is 8. The third kappa shape index (κ3) is 5.99. The second-order valence-corrected chi connectivity index (χ2v) is 8.29. The van der Waals surface area contributed by atoms with Crippen molar-refractivity contribution in [1.29, 1.82) is 0 Å². The lowest BCUT2D eigenvalue weighted by Gasteiger charge is -2.26. The highest BCUT2D eigenvalue weighted by Gasteiger charge is 2.25. The quantitative estimate of drug-likeness (QED) is 0.407. The zero-order valence-electron chi connectivity index (χ0n) is 16.5. The Morgan fingerprint density at radius 1 is 0.900 bits per heavy atom. The molecule has 2 N–H and O–H groups in total. The smallest absolute Gasteiger partial charge is 0.241 e. The molecular formula is C24H23Cl3N2O. The maximum absolute atomic E-state index is 12.7. The molecule has 156 valence electrons. The molecule has 0 bridgehead atoms. The Labute approximate surface area is 192 Å². The van der Waals surface area contributed by atoms with Crippen molar-refractivity contribution in [2.24, 2.45) is 0 Å². The molecule has 0 heterocycles. The molecule has 1 amide bonds. The van der Waals surface area contributed by atoms with Crippen LogP contribution >= 0.6 is 34.8 Å². The van der Waals surface area contributed by atoms with Crippen LogP contribution < -0.4 is 10.6 Å². The van der Waals surface area contributed by atoms with Gasteiger partial charge in [-0.05, 0) is 53.8 Å². The number of halogens is 3. The van der Waals surface area contributed by atoms with Crippen LogP contribution in [0.1, 0.15) is 35.2 Å². The van der Waals surface area contributed by atoms with E-state index in [0.29, 0.717) is 15.1 Å². The van der Waals surface area contributed by atoms with Crippen LogP contribution in [-0.2, 0) is 11.2 Å². The molecule has 0 aliphatic carbocycles. The van der Waals surface area contributed by atoms with Gasteiger partial charge in [0.1, 0.15) is 6.04 Å². The summed E-state index contributed by atoms with van der Waals surface area (Å²) < 4.78 is 0. The Morgan fingerprint density at radius 2 is 1.57 bits per heavy atom.